The number of carbonyl (C=O) groups excluding carboxylic acids is 5. The summed E-state index contributed by atoms with van der Waals surface area (Å²) in [7, 11) is 0. The van der Waals surface area contributed by atoms with Crippen LogP contribution in [-0.4, -0.2) is 109 Å². The van der Waals surface area contributed by atoms with Gasteiger partial charge in [-0.3, -0.25) is 14.6 Å². The maximum atomic E-state index is 13.1. The van der Waals surface area contributed by atoms with E-state index in [1.807, 2.05) is 6.07 Å². The van der Waals surface area contributed by atoms with Crippen LogP contribution < -0.4 is 38.5 Å². The number of fused-ring (bicyclic) bond motifs is 3. The Morgan fingerprint density at radius 3 is 2.33 bits per heavy atom. The van der Waals surface area contributed by atoms with Gasteiger partial charge in [-0.15, -0.1) is 11.8 Å². The molecule has 1 aromatic carbocycles. The molecule has 0 saturated carbocycles. The number of cyclic esters (lactones) is 2. The first-order chi connectivity index (χ1) is 22.9. The second-order valence-corrected chi connectivity index (χ2v) is 11.8. The molecule has 5 atom stereocenters. The van der Waals surface area contributed by atoms with Crippen molar-refractivity contribution in [3.05, 3.63) is 35.4 Å². The SMILES string of the molecule is NC(=O)OC[C@@H]1CSCC(=O)N[C@H](CC(=O)O)COC(=O)N[C@H]2c3ccccc3C[C@H]2OC(=O)N[C@@H](CCCN=C(N)N)COC(=O)N1. The summed E-state index contributed by atoms with van der Waals surface area (Å²) in [5, 5.41) is 19.7. The van der Waals surface area contributed by atoms with Crippen LogP contribution in [-0.2, 0) is 35.0 Å². The quantitative estimate of drug-likeness (QED) is 0.0731. The van der Waals surface area contributed by atoms with E-state index in [1.54, 1.807) is 18.2 Å². The summed E-state index contributed by atoms with van der Waals surface area (Å²) in [5.41, 5.74) is 17.3. The van der Waals surface area contributed by atoms with E-state index in [4.69, 9.17) is 36.1 Å². The number of aliphatic imine (C=N–C) groups is 1. The van der Waals surface area contributed by atoms with Crippen molar-refractivity contribution in [3.8, 4) is 0 Å². The molecule has 0 bridgehead atoms. The normalized spacial score (nSPS) is 24.1. The zero-order chi connectivity index (χ0) is 35.1. The number of amides is 5. The third-order valence-electron chi connectivity index (χ3n) is 6.96. The van der Waals surface area contributed by atoms with Crippen LogP contribution in [0.5, 0.6) is 0 Å². The third kappa shape index (κ3) is 13.3. The number of nitrogens with one attached hydrogen (secondary N) is 4. The predicted molar refractivity (Wildman–Crippen MR) is 170 cm³/mol. The zero-order valence-electron chi connectivity index (χ0n) is 25.9. The first-order valence-corrected chi connectivity index (χ1v) is 16.0. The Kier molecular flexibility index (Phi) is 14.7. The highest BCUT2D eigenvalue weighted by Crippen LogP contribution is 2.33. The summed E-state index contributed by atoms with van der Waals surface area (Å²) in [6, 6.07) is 3.63. The number of nitrogens with two attached hydrogens (primary N) is 3. The molecule has 19 nitrogen and oxygen atoms in total. The predicted octanol–water partition coefficient (Wildman–Crippen LogP) is -0.577. The lowest BCUT2D eigenvalue weighted by molar-refractivity contribution is -0.138. The average Bonchev–Trinajstić information content (AvgIpc) is 3.34. The molecule has 1 aromatic rings. The van der Waals surface area contributed by atoms with E-state index in [0.29, 0.717) is 12.0 Å². The summed E-state index contributed by atoms with van der Waals surface area (Å²) in [6.07, 6.45) is -4.28. The molecule has 0 unspecified atom stereocenters. The van der Waals surface area contributed by atoms with E-state index < -0.39 is 79.5 Å². The molecule has 0 radical (unpaired) electrons. The highest BCUT2D eigenvalue weighted by molar-refractivity contribution is 8.00. The Labute approximate surface area is 279 Å². The number of alkyl carbamates (subject to hydrolysis) is 3. The molecule has 0 spiro atoms. The number of guanidine groups is 1. The smallest absolute Gasteiger partial charge is 0.407 e. The van der Waals surface area contributed by atoms with E-state index in [2.05, 4.69) is 26.3 Å². The Balaban J connectivity index is 1.82. The van der Waals surface area contributed by atoms with Gasteiger partial charge in [0.25, 0.3) is 0 Å². The van der Waals surface area contributed by atoms with Crippen LogP contribution in [0.2, 0.25) is 0 Å². The topological polar surface area (TPSA) is 298 Å². The Bertz CT molecular complexity index is 1350. The fourth-order valence-corrected chi connectivity index (χ4v) is 5.74. The highest BCUT2D eigenvalue weighted by Gasteiger charge is 2.37. The van der Waals surface area contributed by atoms with E-state index in [-0.39, 0.29) is 50.1 Å². The number of carboxylic acids is 1. The van der Waals surface area contributed by atoms with Gasteiger partial charge in [-0.05, 0) is 24.0 Å². The van der Waals surface area contributed by atoms with Gasteiger partial charge in [0, 0.05) is 18.7 Å². The van der Waals surface area contributed by atoms with Gasteiger partial charge < -0.3 is 62.5 Å². The Hall–Kier alpha value is -5.14. The zero-order valence-corrected chi connectivity index (χ0v) is 26.7. The van der Waals surface area contributed by atoms with E-state index in [1.165, 1.54) is 0 Å². The molecule has 3 rings (SSSR count). The largest absolute Gasteiger partial charge is 0.481 e. The summed E-state index contributed by atoms with van der Waals surface area (Å²) in [6.45, 7) is -0.885. The lowest BCUT2D eigenvalue weighted by Gasteiger charge is -2.25. The van der Waals surface area contributed by atoms with Crippen LogP contribution in [0.3, 0.4) is 0 Å². The maximum Gasteiger partial charge on any atom is 0.407 e. The molecule has 1 heterocycles. The van der Waals surface area contributed by atoms with Crippen LogP contribution >= 0.6 is 11.8 Å². The molecule has 2 aliphatic rings. The molecule has 20 heteroatoms. The molecule has 1 fully saturated rings. The maximum absolute atomic E-state index is 13.1. The van der Waals surface area contributed by atoms with Crippen molar-refractivity contribution in [1.82, 2.24) is 21.3 Å². The van der Waals surface area contributed by atoms with Gasteiger partial charge in [-0.1, -0.05) is 24.3 Å². The van der Waals surface area contributed by atoms with Gasteiger partial charge in [0.1, 0.15) is 25.9 Å². The Morgan fingerprint density at radius 2 is 1.62 bits per heavy atom. The number of ether oxygens (including phenoxy) is 4. The second kappa shape index (κ2) is 18.9. The van der Waals surface area contributed by atoms with Crippen molar-refractivity contribution < 1.29 is 52.8 Å². The number of carboxylic acid groups (broad SMARTS) is 1. The van der Waals surface area contributed by atoms with Crippen LogP contribution in [0.15, 0.2) is 29.3 Å². The second-order valence-electron chi connectivity index (χ2n) is 10.8. The molecule has 264 valence electrons. The summed E-state index contributed by atoms with van der Waals surface area (Å²) >= 11 is 1.03. The number of hydrogen-bond donors (Lipinski definition) is 8. The molecular weight excluding hydrogens is 656 g/mol. The minimum Gasteiger partial charge on any atom is -0.481 e. The number of nitrogens with zero attached hydrogens (tertiary/aromatic N) is 1. The standard InChI is InChI=1S/C28H40N8O11S/c29-24(30)32-7-3-5-16-10-45-26(41)35-18(12-44-25(31)40)13-48-14-21(37)33-17(9-22(38)39)11-46-27(42)36-23-19-6-2-1-4-15(19)8-20(23)47-28(43)34-16/h1-2,4,6,16-18,20,23H,3,5,7-14H2,(H2,31,40)(H,33,37)(H,34,43)(H,35,41)(H,36,42)(H,38,39)(H4,29,30,32)/t16-,17+,18+,20+,23-/m0/s1. The van der Waals surface area contributed by atoms with Crippen molar-refractivity contribution in [2.24, 2.45) is 22.2 Å². The van der Waals surface area contributed by atoms with Gasteiger partial charge >= 0.3 is 30.3 Å². The van der Waals surface area contributed by atoms with Crippen LogP contribution in [0, 0.1) is 0 Å². The first kappa shape index (κ1) is 37.3. The monoisotopic (exact) mass is 696 g/mol. The molecule has 0 aromatic heterocycles. The van der Waals surface area contributed by atoms with Crippen molar-refractivity contribution in [1.29, 1.82) is 0 Å². The molecule has 5 amide bonds. The van der Waals surface area contributed by atoms with Crippen molar-refractivity contribution in [2.45, 2.75) is 56.0 Å². The van der Waals surface area contributed by atoms with Gasteiger partial charge in [0.15, 0.2) is 5.96 Å². The summed E-state index contributed by atoms with van der Waals surface area (Å²) < 4.78 is 21.2. The van der Waals surface area contributed by atoms with Crippen LogP contribution in [0.1, 0.15) is 36.4 Å². The van der Waals surface area contributed by atoms with Crippen molar-refractivity contribution in [3.63, 3.8) is 0 Å². The Morgan fingerprint density at radius 1 is 0.938 bits per heavy atom. The first-order valence-electron chi connectivity index (χ1n) is 14.9. The van der Waals surface area contributed by atoms with Crippen LogP contribution in [0.25, 0.3) is 0 Å². The highest BCUT2D eigenvalue weighted by atomic mass is 32.2. The third-order valence-corrected chi connectivity index (χ3v) is 8.06. The van der Waals surface area contributed by atoms with E-state index in [0.717, 1.165) is 17.3 Å². The van der Waals surface area contributed by atoms with Gasteiger partial charge in [0.05, 0.1) is 36.3 Å². The lowest BCUT2D eigenvalue weighted by Crippen LogP contribution is -2.45. The number of thioether (sulfide) groups is 1. The fraction of sp³-hybridized carbons (Fsp3) is 0.536. The molecule has 1 aliphatic heterocycles. The van der Waals surface area contributed by atoms with E-state index in [9.17, 15) is 33.9 Å². The average molecular weight is 697 g/mol. The number of aliphatic carboxylic acids is 1. The van der Waals surface area contributed by atoms with Gasteiger partial charge in [0.2, 0.25) is 5.91 Å². The summed E-state index contributed by atoms with van der Waals surface area (Å²) in [4.78, 5) is 77.9. The number of primary amides is 1. The lowest BCUT2D eigenvalue weighted by atomic mass is 10.1. The molecule has 11 N–H and O–H groups in total. The van der Waals surface area contributed by atoms with Crippen LogP contribution in [0.4, 0.5) is 19.2 Å². The van der Waals surface area contributed by atoms with Gasteiger partial charge in [-0.25, -0.2) is 19.2 Å². The molecular formula is C28H40N8O11S. The minimum absolute atomic E-state index is 0.0507. The van der Waals surface area contributed by atoms with Gasteiger partial charge in [-0.2, -0.15) is 0 Å². The number of benzene rings is 1. The van der Waals surface area contributed by atoms with E-state index >= 15 is 0 Å². The number of rotatable bonds is 8. The number of carbonyl (C=O) groups is 6. The summed E-state index contributed by atoms with van der Waals surface area (Å²) in [5.74, 6) is -2.07. The molecule has 1 saturated heterocycles. The molecule has 1 aliphatic carbocycles. The molecule has 48 heavy (non-hydrogen) atoms. The number of hydrogen-bond acceptors (Lipinski definition) is 12. The minimum atomic E-state index is -1.24. The van der Waals surface area contributed by atoms with Crippen molar-refractivity contribution >= 4 is 54.0 Å². The fourth-order valence-electron chi connectivity index (χ4n) is 4.89. The van der Waals surface area contributed by atoms with Crippen molar-refractivity contribution in [2.75, 3.05) is 37.9 Å².